The zero-order valence-electron chi connectivity index (χ0n) is 19.4. The molecule has 2 aromatic carbocycles. The molecule has 12 heteroatoms. The number of nitrogens with zero attached hydrogens (tertiary/aromatic N) is 1. The lowest BCUT2D eigenvalue weighted by Gasteiger charge is -2.14. The smallest absolute Gasteiger partial charge is 0.373 e. The molecule has 1 saturated heterocycles. The second-order valence-electron chi connectivity index (χ2n) is 7.60. The molecule has 8 nitrogen and oxygen atoms in total. The van der Waals surface area contributed by atoms with Crippen LogP contribution in [0.2, 0.25) is 10.0 Å². The number of furan rings is 1. The maximum Gasteiger partial charge on any atom is 0.373 e. The van der Waals surface area contributed by atoms with Crippen LogP contribution < -0.4 is 9.47 Å². The predicted molar refractivity (Wildman–Crippen MR) is 143 cm³/mol. The number of rotatable bonds is 8. The van der Waals surface area contributed by atoms with Crippen LogP contribution in [0.25, 0.3) is 6.08 Å². The first-order valence-corrected chi connectivity index (χ1v) is 12.9. The molecule has 37 heavy (non-hydrogen) atoms. The Balaban J connectivity index is 1.50. The summed E-state index contributed by atoms with van der Waals surface area (Å²) < 4.78 is 22.0. The zero-order chi connectivity index (χ0) is 26.7. The fraction of sp³-hybridized carbons (Fsp3) is 0.160. The monoisotopic (exact) mass is 625 g/mol. The molecule has 192 valence electrons. The summed E-state index contributed by atoms with van der Waals surface area (Å²) >= 11 is 16.3. The van der Waals surface area contributed by atoms with Gasteiger partial charge in [-0.05, 0) is 81.3 Å². The van der Waals surface area contributed by atoms with Crippen LogP contribution in [0.15, 0.2) is 56.3 Å². The minimum Gasteiger partial charge on any atom is -0.493 e. The van der Waals surface area contributed by atoms with Crippen molar-refractivity contribution in [2.24, 2.45) is 0 Å². The summed E-state index contributed by atoms with van der Waals surface area (Å²) in [4.78, 5) is 38.3. The van der Waals surface area contributed by atoms with Crippen LogP contribution in [-0.4, -0.2) is 36.2 Å². The van der Waals surface area contributed by atoms with Gasteiger partial charge in [-0.15, -0.1) is 0 Å². The van der Waals surface area contributed by atoms with Crippen molar-refractivity contribution in [3.05, 3.63) is 84.5 Å². The highest BCUT2D eigenvalue weighted by molar-refractivity contribution is 9.10. The molecule has 1 fully saturated rings. The SMILES string of the molecule is COC(=O)c1ccc(CN2C(=O)S/C(=C/c3cc(Br)c(OCc4ccc(Cl)c(Cl)c4)c(OC)c3)C2=O)o1. The van der Waals surface area contributed by atoms with Gasteiger partial charge in [-0.1, -0.05) is 29.3 Å². The van der Waals surface area contributed by atoms with Crippen LogP contribution in [0.3, 0.4) is 0 Å². The van der Waals surface area contributed by atoms with Crippen LogP contribution in [0.1, 0.15) is 27.4 Å². The van der Waals surface area contributed by atoms with E-state index < -0.39 is 17.1 Å². The molecule has 2 heterocycles. The summed E-state index contributed by atoms with van der Waals surface area (Å²) in [6.07, 6.45) is 1.59. The van der Waals surface area contributed by atoms with Crippen molar-refractivity contribution in [3.8, 4) is 11.5 Å². The number of hydrogen-bond donors (Lipinski definition) is 0. The molecule has 4 rings (SSSR count). The maximum atomic E-state index is 12.9. The molecule has 0 saturated carbocycles. The predicted octanol–water partition coefficient (Wildman–Crippen LogP) is 6.96. The van der Waals surface area contributed by atoms with Gasteiger partial charge in [0.25, 0.3) is 11.1 Å². The highest BCUT2D eigenvalue weighted by Crippen LogP contribution is 2.40. The molecule has 3 aromatic rings. The summed E-state index contributed by atoms with van der Waals surface area (Å²) in [6.45, 7) is 0.0993. The summed E-state index contributed by atoms with van der Waals surface area (Å²) in [7, 11) is 2.73. The number of thioether (sulfide) groups is 1. The largest absolute Gasteiger partial charge is 0.493 e. The summed E-state index contributed by atoms with van der Waals surface area (Å²) in [5.41, 5.74) is 1.43. The Hall–Kier alpha value is -2.92. The molecule has 0 N–H and O–H groups in total. The van der Waals surface area contributed by atoms with E-state index in [0.717, 1.165) is 22.2 Å². The molecule has 0 spiro atoms. The standard InChI is InChI=1S/C25H18BrCl2NO7S/c1-33-20-9-14(7-16(26)22(20)35-12-13-3-5-17(27)18(28)8-13)10-21-23(30)29(25(32)37-21)11-15-4-6-19(36-15)24(31)34-2/h3-10H,11-12H2,1-2H3/b21-10+. The van der Waals surface area contributed by atoms with E-state index >= 15 is 0 Å². The molecule has 0 unspecified atom stereocenters. The van der Waals surface area contributed by atoms with Crippen LogP contribution in [0.5, 0.6) is 11.5 Å². The first-order chi connectivity index (χ1) is 17.7. The Morgan fingerprint density at radius 1 is 1.11 bits per heavy atom. The Morgan fingerprint density at radius 2 is 1.89 bits per heavy atom. The van der Waals surface area contributed by atoms with Crippen molar-refractivity contribution in [3.63, 3.8) is 0 Å². The summed E-state index contributed by atoms with van der Waals surface area (Å²) in [5.74, 6) is 0.00409. The molecule has 1 aliphatic rings. The van der Waals surface area contributed by atoms with E-state index in [1.54, 1.807) is 36.4 Å². The average molecular weight is 627 g/mol. The van der Waals surface area contributed by atoms with Crippen molar-refractivity contribution >= 4 is 74.1 Å². The summed E-state index contributed by atoms with van der Waals surface area (Å²) in [6, 6.07) is 11.6. The van der Waals surface area contributed by atoms with Gasteiger partial charge in [0.05, 0.1) is 40.2 Å². The molecule has 0 aliphatic carbocycles. The van der Waals surface area contributed by atoms with E-state index in [1.807, 2.05) is 0 Å². The van der Waals surface area contributed by atoms with Gasteiger partial charge in [-0.2, -0.15) is 0 Å². The van der Waals surface area contributed by atoms with Gasteiger partial charge in [-0.3, -0.25) is 14.5 Å². The minimum atomic E-state index is -0.649. The molecule has 0 radical (unpaired) electrons. The molecular weight excluding hydrogens is 609 g/mol. The third kappa shape index (κ3) is 6.15. The van der Waals surface area contributed by atoms with E-state index in [4.69, 9.17) is 37.1 Å². The highest BCUT2D eigenvalue weighted by atomic mass is 79.9. The average Bonchev–Trinajstić information content (AvgIpc) is 3.45. The number of amides is 2. The van der Waals surface area contributed by atoms with Gasteiger partial charge in [0.15, 0.2) is 11.5 Å². The fourth-order valence-corrected chi connectivity index (χ4v) is 5.10. The van der Waals surface area contributed by atoms with E-state index in [9.17, 15) is 14.4 Å². The van der Waals surface area contributed by atoms with Crippen molar-refractivity contribution in [2.75, 3.05) is 14.2 Å². The number of carbonyl (C=O) groups excluding carboxylic acids is 3. The van der Waals surface area contributed by atoms with Crippen LogP contribution >= 0.6 is 50.9 Å². The molecule has 2 amide bonds. The lowest BCUT2D eigenvalue weighted by molar-refractivity contribution is -0.123. The van der Waals surface area contributed by atoms with Gasteiger partial charge in [-0.25, -0.2) is 4.79 Å². The van der Waals surface area contributed by atoms with Gasteiger partial charge in [0.1, 0.15) is 12.4 Å². The van der Waals surface area contributed by atoms with Crippen molar-refractivity contribution in [1.82, 2.24) is 4.90 Å². The Morgan fingerprint density at radius 3 is 2.59 bits per heavy atom. The normalized spacial score (nSPS) is 14.4. The Labute approximate surface area is 234 Å². The molecular formula is C25H18BrCl2NO7S. The number of carbonyl (C=O) groups is 3. The van der Waals surface area contributed by atoms with Crippen LogP contribution in [-0.2, 0) is 22.7 Å². The number of ether oxygens (including phenoxy) is 3. The quantitative estimate of drug-likeness (QED) is 0.196. The number of hydrogen-bond acceptors (Lipinski definition) is 8. The molecule has 1 aromatic heterocycles. The Bertz CT molecular complexity index is 1420. The molecule has 0 atom stereocenters. The lowest BCUT2D eigenvalue weighted by atomic mass is 10.1. The number of halogens is 3. The molecule has 1 aliphatic heterocycles. The van der Waals surface area contributed by atoms with Crippen molar-refractivity contribution in [2.45, 2.75) is 13.2 Å². The second-order valence-corrected chi connectivity index (χ2v) is 10.3. The van der Waals surface area contributed by atoms with Gasteiger partial charge < -0.3 is 18.6 Å². The third-order valence-corrected chi connectivity index (χ3v) is 7.39. The first-order valence-electron chi connectivity index (χ1n) is 10.6. The van der Waals surface area contributed by atoms with Crippen LogP contribution in [0, 0.1) is 0 Å². The number of imide groups is 1. The fourth-order valence-electron chi connectivity index (χ4n) is 3.36. The van der Waals surface area contributed by atoms with Gasteiger partial charge in [0, 0.05) is 0 Å². The lowest BCUT2D eigenvalue weighted by Crippen LogP contribution is -2.27. The van der Waals surface area contributed by atoms with E-state index in [-0.39, 0.29) is 29.6 Å². The number of esters is 1. The van der Waals surface area contributed by atoms with E-state index in [2.05, 4.69) is 20.7 Å². The number of methoxy groups -OCH3 is 2. The first kappa shape index (κ1) is 27.1. The van der Waals surface area contributed by atoms with Gasteiger partial charge >= 0.3 is 5.97 Å². The van der Waals surface area contributed by atoms with E-state index in [0.29, 0.717) is 31.6 Å². The molecule has 0 bridgehead atoms. The number of benzene rings is 2. The highest BCUT2D eigenvalue weighted by Gasteiger charge is 2.36. The maximum absolute atomic E-state index is 12.9. The topological polar surface area (TPSA) is 95.3 Å². The third-order valence-electron chi connectivity index (χ3n) is 5.15. The Kier molecular flexibility index (Phi) is 8.53. The van der Waals surface area contributed by atoms with Crippen molar-refractivity contribution < 1.29 is 33.0 Å². The van der Waals surface area contributed by atoms with E-state index in [1.165, 1.54) is 26.4 Å². The minimum absolute atomic E-state index is 0.0153. The van der Waals surface area contributed by atoms with Crippen LogP contribution in [0.4, 0.5) is 4.79 Å². The zero-order valence-corrected chi connectivity index (χ0v) is 23.3. The van der Waals surface area contributed by atoms with Gasteiger partial charge in [0.2, 0.25) is 5.76 Å². The summed E-state index contributed by atoms with van der Waals surface area (Å²) in [5, 5.41) is 0.418. The van der Waals surface area contributed by atoms with Crippen molar-refractivity contribution in [1.29, 1.82) is 0 Å². The second kappa shape index (κ2) is 11.6.